The SMILES string of the molecule is Cc1ccc(C#N)cc1NC(=O)c1ccc(Cl)cn1. The number of aromatic nitrogens is 1. The van der Waals surface area contributed by atoms with Crippen molar-refractivity contribution < 1.29 is 4.79 Å². The Balaban J connectivity index is 2.24. The molecule has 2 rings (SSSR count). The molecule has 2 aromatic rings. The minimum absolute atomic E-state index is 0.270. The van der Waals surface area contributed by atoms with Crippen molar-refractivity contribution in [2.75, 3.05) is 5.32 Å². The summed E-state index contributed by atoms with van der Waals surface area (Å²) in [5.41, 5.74) is 2.23. The molecule has 1 N–H and O–H groups in total. The van der Waals surface area contributed by atoms with Crippen LogP contribution in [0.5, 0.6) is 0 Å². The minimum Gasteiger partial charge on any atom is -0.320 e. The summed E-state index contributed by atoms with van der Waals surface area (Å²) in [7, 11) is 0. The summed E-state index contributed by atoms with van der Waals surface area (Å²) in [4.78, 5) is 15.9. The first-order chi connectivity index (χ1) is 9.10. The van der Waals surface area contributed by atoms with E-state index in [-0.39, 0.29) is 11.6 Å². The number of amides is 1. The predicted molar refractivity (Wildman–Crippen MR) is 73.1 cm³/mol. The molecule has 0 aliphatic heterocycles. The van der Waals surface area contributed by atoms with Gasteiger partial charge in [0.25, 0.3) is 5.91 Å². The van der Waals surface area contributed by atoms with E-state index in [0.29, 0.717) is 16.3 Å². The van der Waals surface area contributed by atoms with E-state index in [2.05, 4.69) is 10.3 Å². The Hall–Kier alpha value is -2.38. The van der Waals surface area contributed by atoms with Crippen LogP contribution in [-0.4, -0.2) is 10.9 Å². The van der Waals surface area contributed by atoms with E-state index in [9.17, 15) is 4.79 Å². The first kappa shape index (κ1) is 13.1. The van der Waals surface area contributed by atoms with Gasteiger partial charge in [0.1, 0.15) is 5.69 Å². The standard InChI is InChI=1S/C14H10ClN3O/c1-9-2-3-10(7-16)6-13(9)18-14(19)12-5-4-11(15)8-17-12/h2-6,8H,1H3,(H,18,19). The molecule has 0 saturated carbocycles. The zero-order valence-corrected chi connectivity index (χ0v) is 10.9. The van der Waals surface area contributed by atoms with Gasteiger partial charge in [0.15, 0.2) is 0 Å². The number of nitriles is 1. The van der Waals surface area contributed by atoms with Crippen molar-refractivity contribution in [1.82, 2.24) is 4.98 Å². The fraction of sp³-hybridized carbons (Fsp3) is 0.0714. The molecule has 94 valence electrons. The van der Waals surface area contributed by atoms with Gasteiger partial charge in [0.05, 0.1) is 16.7 Å². The number of carbonyl (C=O) groups is 1. The molecule has 0 aliphatic rings. The van der Waals surface area contributed by atoms with Crippen molar-refractivity contribution >= 4 is 23.2 Å². The molecule has 0 spiro atoms. The number of rotatable bonds is 2. The Bertz CT molecular complexity index is 659. The number of nitrogens with zero attached hydrogens (tertiary/aromatic N) is 2. The maximum atomic E-state index is 12.0. The molecule has 0 fully saturated rings. The Labute approximate surface area is 115 Å². The quantitative estimate of drug-likeness (QED) is 0.912. The summed E-state index contributed by atoms with van der Waals surface area (Å²) in [6.45, 7) is 1.85. The van der Waals surface area contributed by atoms with E-state index < -0.39 is 0 Å². The Morgan fingerprint density at radius 1 is 1.37 bits per heavy atom. The monoisotopic (exact) mass is 271 g/mol. The van der Waals surface area contributed by atoms with Gasteiger partial charge >= 0.3 is 0 Å². The van der Waals surface area contributed by atoms with Crippen LogP contribution in [0.15, 0.2) is 36.5 Å². The lowest BCUT2D eigenvalue weighted by molar-refractivity contribution is 0.102. The second-order valence-electron chi connectivity index (χ2n) is 3.96. The van der Waals surface area contributed by atoms with Crippen LogP contribution < -0.4 is 5.32 Å². The largest absolute Gasteiger partial charge is 0.320 e. The Morgan fingerprint density at radius 2 is 2.16 bits per heavy atom. The lowest BCUT2D eigenvalue weighted by Crippen LogP contribution is -2.14. The third-order valence-corrected chi connectivity index (χ3v) is 2.80. The van der Waals surface area contributed by atoms with E-state index >= 15 is 0 Å². The van der Waals surface area contributed by atoms with Crippen molar-refractivity contribution in [2.45, 2.75) is 6.92 Å². The number of anilines is 1. The van der Waals surface area contributed by atoms with Gasteiger partial charge in [0, 0.05) is 11.9 Å². The van der Waals surface area contributed by atoms with E-state index in [0.717, 1.165) is 5.56 Å². The molecule has 19 heavy (non-hydrogen) atoms. The summed E-state index contributed by atoms with van der Waals surface area (Å²) in [5, 5.41) is 12.0. The van der Waals surface area contributed by atoms with E-state index in [1.807, 2.05) is 13.0 Å². The number of pyridine rings is 1. The first-order valence-corrected chi connectivity index (χ1v) is 5.91. The Kier molecular flexibility index (Phi) is 3.79. The fourth-order valence-corrected chi connectivity index (χ4v) is 1.63. The van der Waals surface area contributed by atoms with Crippen LogP contribution in [0.25, 0.3) is 0 Å². The van der Waals surface area contributed by atoms with Crippen molar-refractivity contribution in [2.24, 2.45) is 0 Å². The zero-order valence-electron chi connectivity index (χ0n) is 10.1. The molecule has 0 aliphatic carbocycles. The maximum absolute atomic E-state index is 12.0. The molecule has 5 heteroatoms. The zero-order chi connectivity index (χ0) is 13.8. The van der Waals surface area contributed by atoms with Crippen LogP contribution in [0.4, 0.5) is 5.69 Å². The molecule has 0 bridgehead atoms. The molecule has 1 heterocycles. The molecular formula is C14H10ClN3O. The second kappa shape index (κ2) is 5.51. The molecule has 0 unspecified atom stereocenters. The second-order valence-corrected chi connectivity index (χ2v) is 4.39. The number of halogens is 1. The predicted octanol–water partition coefficient (Wildman–Crippen LogP) is 3.17. The van der Waals surface area contributed by atoms with Gasteiger partial charge in [0.2, 0.25) is 0 Å². The van der Waals surface area contributed by atoms with Crippen LogP contribution in [0.3, 0.4) is 0 Å². The van der Waals surface area contributed by atoms with Crippen LogP contribution in [0.1, 0.15) is 21.6 Å². The number of hydrogen-bond donors (Lipinski definition) is 1. The van der Waals surface area contributed by atoms with Gasteiger partial charge in [-0.3, -0.25) is 4.79 Å². The molecule has 1 amide bonds. The van der Waals surface area contributed by atoms with Crippen molar-refractivity contribution in [3.63, 3.8) is 0 Å². The molecule has 0 saturated heterocycles. The third kappa shape index (κ3) is 3.09. The summed E-state index contributed by atoms with van der Waals surface area (Å²) >= 11 is 5.71. The molecule has 1 aromatic carbocycles. The fourth-order valence-electron chi connectivity index (χ4n) is 1.52. The lowest BCUT2D eigenvalue weighted by Gasteiger charge is -2.08. The summed E-state index contributed by atoms with van der Waals surface area (Å²) in [5.74, 6) is -0.338. The van der Waals surface area contributed by atoms with Crippen molar-refractivity contribution in [3.8, 4) is 6.07 Å². The van der Waals surface area contributed by atoms with Gasteiger partial charge in [-0.05, 0) is 36.8 Å². The molecule has 0 radical (unpaired) electrons. The van der Waals surface area contributed by atoms with Crippen LogP contribution in [-0.2, 0) is 0 Å². The topological polar surface area (TPSA) is 65.8 Å². The van der Waals surface area contributed by atoms with Gasteiger partial charge in [-0.25, -0.2) is 4.98 Å². The highest BCUT2D eigenvalue weighted by Gasteiger charge is 2.09. The average molecular weight is 272 g/mol. The lowest BCUT2D eigenvalue weighted by atomic mass is 10.1. The Morgan fingerprint density at radius 3 is 2.79 bits per heavy atom. The van der Waals surface area contributed by atoms with Crippen molar-refractivity contribution in [1.29, 1.82) is 5.26 Å². The highest BCUT2D eigenvalue weighted by Crippen LogP contribution is 2.17. The summed E-state index contributed by atoms with van der Waals surface area (Å²) in [6, 6.07) is 10.3. The number of carbonyl (C=O) groups excluding carboxylic acids is 1. The molecule has 1 aromatic heterocycles. The summed E-state index contributed by atoms with van der Waals surface area (Å²) in [6.07, 6.45) is 1.41. The number of aryl methyl sites for hydroxylation is 1. The van der Waals surface area contributed by atoms with Gasteiger partial charge in [-0.2, -0.15) is 5.26 Å². The van der Waals surface area contributed by atoms with E-state index in [1.165, 1.54) is 6.20 Å². The van der Waals surface area contributed by atoms with Gasteiger partial charge in [-0.1, -0.05) is 17.7 Å². The normalized spacial score (nSPS) is 9.74. The minimum atomic E-state index is -0.338. The summed E-state index contributed by atoms with van der Waals surface area (Å²) < 4.78 is 0. The van der Waals surface area contributed by atoms with Crippen LogP contribution in [0, 0.1) is 18.3 Å². The van der Waals surface area contributed by atoms with E-state index in [4.69, 9.17) is 16.9 Å². The molecule has 4 nitrogen and oxygen atoms in total. The third-order valence-electron chi connectivity index (χ3n) is 2.57. The number of hydrogen-bond acceptors (Lipinski definition) is 3. The highest BCUT2D eigenvalue weighted by molar-refractivity contribution is 6.30. The van der Waals surface area contributed by atoms with Crippen molar-refractivity contribution in [3.05, 3.63) is 58.4 Å². The number of benzene rings is 1. The van der Waals surface area contributed by atoms with E-state index in [1.54, 1.807) is 30.3 Å². The van der Waals surface area contributed by atoms with Gasteiger partial charge in [-0.15, -0.1) is 0 Å². The highest BCUT2D eigenvalue weighted by atomic mass is 35.5. The first-order valence-electron chi connectivity index (χ1n) is 5.54. The molecule has 0 atom stereocenters. The van der Waals surface area contributed by atoms with Gasteiger partial charge < -0.3 is 5.32 Å². The smallest absolute Gasteiger partial charge is 0.274 e. The molecular weight excluding hydrogens is 262 g/mol. The van der Waals surface area contributed by atoms with Crippen LogP contribution >= 0.6 is 11.6 Å². The number of nitrogens with one attached hydrogen (secondary N) is 1. The van der Waals surface area contributed by atoms with Crippen LogP contribution in [0.2, 0.25) is 5.02 Å². The maximum Gasteiger partial charge on any atom is 0.274 e. The average Bonchev–Trinajstić information content (AvgIpc) is 2.42.